The fourth-order valence-corrected chi connectivity index (χ4v) is 4.49. The monoisotopic (exact) mass is 420 g/mol. The lowest BCUT2D eigenvalue weighted by atomic mass is 9.98. The highest BCUT2D eigenvalue weighted by Crippen LogP contribution is 2.23. The molecule has 9 nitrogen and oxygen atoms in total. The minimum atomic E-state index is -3.72. The van der Waals surface area contributed by atoms with Crippen LogP contribution in [0.15, 0.2) is 53.8 Å². The summed E-state index contributed by atoms with van der Waals surface area (Å²) in [6.45, 7) is -0.0575. The smallest absolute Gasteiger partial charge is 0.240 e. The molecule has 1 saturated heterocycles. The summed E-state index contributed by atoms with van der Waals surface area (Å²) in [5.74, 6) is -0.200. The standard InChI is InChI=1S/C19H24N4O5S/c24-12-18-17(23-29(26,27)16-4-2-1-3-5-16)7-6-15(28-18)10-19(25)21-11-14-8-9-20-13-22-14/h1-5,8-9,13,15,17-18,23-24H,6-7,10-12H2,(H,21,25)/t15-,17+,18+/m1/s1. The lowest BCUT2D eigenvalue weighted by Gasteiger charge is -2.35. The van der Waals surface area contributed by atoms with Gasteiger partial charge in [-0.15, -0.1) is 0 Å². The van der Waals surface area contributed by atoms with Crippen LogP contribution in [0.3, 0.4) is 0 Å². The van der Waals surface area contributed by atoms with Gasteiger partial charge < -0.3 is 15.2 Å². The Morgan fingerprint density at radius 1 is 1.21 bits per heavy atom. The molecule has 0 spiro atoms. The van der Waals surface area contributed by atoms with Gasteiger partial charge in [0.05, 0.1) is 48.4 Å². The highest BCUT2D eigenvalue weighted by molar-refractivity contribution is 7.89. The van der Waals surface area contributed by atoms with Crippen molar-refractivity contribution in [2.24, 2.45) is 0 Å². The number of sulfonamides is 1. The summed E-state index contributed by atoms with van der Waals surface area (Å²) >= 11 is 0. The first-order chi connectivity index (χ1) is 14.0. The molecule has 156 valence electrons. The summed E-state index contributed by atoms with van der Waals surface area (Å²) in [7, 11) is -3.72. The minimum Gasteiger partial charge on any atom is -0.394 e. The van der Waals surface area contributed by atoms with Gasteiger partial charge in [0, 0.05) is 6.20 Å². The molecule has 0 aliphatic carbocycles. The zero-order valence-corrected chi connectivity index (χ0v) is 16.6. The molecule has 1 amide bonds. The van der Waals surface area contributed by atoms with E-state index < -0.39 is 28.3 Å². The number of carbonyl (C=O) groups is 1. The second-order valence-electron chi connectivity index (χ2n) is 6.78. The van der Waals surface area contributed by atoms with Crippen LogP contribution in [0.4, 0.5) is 0 Å². The number of hydrogen-bond donors (Lipinski definition) is 3. The summed E-state index contributed by atoms with van der Waals surface area (Å²) in [5.41, 5.74) is 0.696. The van der Waals surface area contributed by atoms with E-state index in [0.29, 0.717) is 18.5 Å². The Morgan fingerprint density at radius 3 is 2.69 bits per heavy atom. The lowest BCUT2D eigenvalue weighted by molar-refractivity contribution is -0.130. The van der Waals surface area contributed by atoms with Gasteiger partial charge in [0.2, 0.25) is 15.9 Å². The number of aliphatic hydroxyl groups excluding tert-OH is 1. The molecule has 1 aliphatic heterocycles. The van der Waals surface area contributed by atoms with Crippen LogP contribution >= 0.6 is 0 Å². The molecule has 2 heterocycles. The molecular weight excluding hydrogens is 396 g/mol. The van der Waals surface area contributed by atoms with Crippen LogP contribution in [0, 0.1) is 0 Å². The first-order valence-corrected chi connectivity index (χ1v) is 10.8. The molecule has 1 aromatic carbocycles. The average Bonchev–Trinajstić information content (AvgIpc) is 2.74. The van der Waals surface area contributed by atoms with E-state index in [4.69, 9.17) is 4.74 Å². The van der Waals surface area contributed by atoms with Crippen LogP contribution in [0.2, 0.25) is 0 Å². The van der Waals surface area contributed by atoms with Crippen molar-refractivity contribution >= 4 is 15.9 Å². The summed E-state index contributed by atoms with van der Waals surface area (Å²) in [4.78, 5) is 20.2. The van der Waals surface area contributed by atoms with Gasteiger partial charge in [-0.3, -0.25) is 4.79 Å². The first-order valence-electron chi connectivity index (χ1n) is 9.33. The SMILES string of the molecule is O=C(C[C@H]1CC[C@H](NS(=O)(=O)c2ccccc2)[C@H](CO)O1)NCc1ccncn1. The molecule has 2 aromatic rings. The van der Waals surface area contributed by atoms with Crippen molar-refractivity contribution in [3.05, 3.63) is 54.6 Å². The molecule has 1 aliphatic rings. The van der Waals surface area contributed by atoms with E-state index in [0.717, 1.165) is 0 Å². The number of aliphatic hydroxyl groups is 1. The van der Waals surface area contributed by atoms with Gasteiger partial charge in [0.1, 0.15) is 6.33 Å². The minimum absolute atomic E-state index is 0.125. The van der Waals surface area contributed by atoms with Gasteiger partial charge in [0.25, 0.3) is 0 Å². The van der Waals surface area contributed by atoms with Crippen molar-refractivity contribution in [2.75, 3.05) is 6.61 Å². The molecule has 3 rings (SSSR count). The number of ether oxygens (including phenoxy) is 1. The van der Waals surface area contributed by atoms with Crippen molar-refractivity contribution < 1.29 is 23.1 Å². The molecule has 1 fully saturated rings. The zero-order valence-electron chi connectivity index (χ0n) is 15.8. The number of amides is 1. The van der Waals surface area contributed by atoms with Gasteiger partial charge in [-0.1, -0.05) is 18.2 Å². The van der Waals surface area contributed by atoms with E-state index >= 15 is 0 Å². The maximum atomic E-state index is 12.5. The molecule has 3 N–H and O–H groups in total. The van der Waals surface area contributed by atoms with E-state index in [1.807, 2.05) is 0 Å². The van der Waals surface area contributed by atoms with E-state index in [1.54, 1.807) is 30.5 Å². The normalized spacial score (nSPS) is 22.2. The van der Waals surface area contributed by atoms with E-state index in [1.165, 1.54) is 18.5 Å². The molecule has 1 aromatic heterocycles. The predicted octanol–water partition coefficient (Wildman–Crippen LogP) is 0.370. The van der Waals surface area contributed by atoms with Crippen LogP contribution in [0.25, 0.3) is 0 Å². The maximum absolute atomic E-state index is 12.5. The first kappa shape index (κ1) is 21.3. The fraction of sp³-hybridized carbons (Fsp3) is 0.421. The van der Waals surface area contributed by atoms with Gasteiger partial charge in [-0.25, -0.2) is 23.1 Å². The van der Waals surface area contributed by atoms with Crippen molar-refractivity contribution in [1.29, 1.82) is 0 Å². The van der Waals surface area contributed by atoms with E-state index in [2.05, 4.69) is 20.0 Å². The quantitative estimate of drug-likeness (QED) is 0.562. The maximum Gasteiger partial charge on any atom is 0.240 e. The second-order valence-corrected chi connectivity index (χ2v) is 8.49. The number of rotatable bonds is 8. The summed E-state index contributed by atoms with van der Waals surface area (Å²) < 4.78 is 33.4. The number of benzene rings is 1. The molecule has 0 bridgehead atoms. The third kappa shape index (κ3) is 6.04. The van der Waals surface area contributed by atoms with Gasteiger partial charge in [-0.05, 0) is 31.0 Å². The zero-order chi connectivity index (χ0) is 20.7. The van der Waals surface area contributed by atoms with Crippen LogP contribution in [-0.2, 0) is 26.1 Å². The van der Waals surface area contributed by atoms with E-state index in [9.17, 15) is 18.3 Å². The van der Waals surface area contributed by atoms with E-state index in [-0.39, 0.29) is 30.4 Å². The Kier molecular flexibility index (Phi) is 7.26. The number of carbonyl (C=O) groups excluding carboxylic acids is 1. The van der Waals surface area contributed by atoms with Gasteiger partial charge in [-0.2, -0.15) is 0 Å². The number of aromatic nitrogens is 2. The van der Waals surface area contributed by atoms with Crippen LogP contribution in [0.1, 0.15) is 25.0 Å². The van der Waals surface area contributed by atoms with Crippen molar-refractivity contribution in [1.82, 2.24) is 20.0 Å². The highest BCUT2D eigenvalue weighted by atomic mass is 32.2. The fourth-order valence-electron chi connectivity index (χ4n) is 3.17. The average molecular weight is 420 g/mol. The van der Waals surface area contributed by atoms with Crippen molar-refractivity contribution in [3.8, 4) is 0 Å². The molecule has 0 saturated carbocycles. The Hall–Kier alpha value is -2.40. The topological polar surface area (TPSA) is 131 Å². The van der Waals surface area contributed by atoms with Crippen LogP contribution < -0.4 is 10.0 Å². The Labute approximate surface area is 169 Å². The third-order valence-electron chi connectivity index (χ3n) is 4.68. The largest absolute Gasteiger partial charge is 0.394 e. The summed E-state index contributed by atoms with van der Waals surface area (Å²) in [6.07, 6.45) is 2.98. The molecule has 0 unspecified atom stereocenters. The van der Waals surface area contributed by atoms with Crippen LogP contribution in [-0.4, -0.2) is 54.3 Å². The molecule has 3 atom stereocenters. The van der Waals surface area contributed by atoms with Gasteiger partial charge in [0.15, 0.2) is 0 Å². The Morgan fingerprint density at radius 2 is 2.00 bits per heavy atom. The van der Waals surface area contributed by atoms with Crippen LogP contribution in [0.5, 0.6) is 0 Å². The number of hydrogen-bond acceptors (Lipinski definition) is 7. The summed E-state index contributed by atoms with van der Waals surface area (Å²) in [6, 6.07) is 9.18. The number of nitrogens with one attached hydrogen (secondary N) is 2. The number of nitrogens with zero attached hydrogens (tertiary/aromatic N) is 2. The molecular formula is C19H24N4O5S. The summed E-state index contributed by atoms with van der Waals surface area (Å²) in [5, 5.41) is 12.4. The Balaban J connectivity index is 1.52. The van der Waals surface area contributed by atoms with Crippen molar-refractivity contribution in [3.63, 3.8) is 0 Å². The lowest BCUT2D eigenvalue weighted by Crippen LogP contribution is -2.51. The Bertz CT molecular complexity index is 895. The second kappa shape index (κ2) is 9.88. The molecule has 10 heteroatoms. The van der Waals surface area contributed by atoms with Crippen molar-refractivity contribution in [2.45, 2.75) is 49.0 Å². The van der Waals surface area contributed by atoms with Gasteiger partial charge >= 0.3 is 0 Å². The third-order valence-corrected chi connectivity index (χ3v) is 6.18. The predicted molar refractivity (Wildman–Crippen MR) is 104 cm³/mol. The molecule has 29 heavy (non-hydrogen) atoms. The molecule has 0 radical (unpaired) electrons. The highest BCUT2D eigenvalue weighted by Gasteiger charge is 2.34.